The van der Waals surface area contributed by atoms with Gasteiger partial charge in [0.15, 0.2) is 5.84 Å². The van der Waals surface area contributed by atoms with Crippen LogP contribution in [-0.2, 0) is 26.6 Å². The third-order valence-electron chi connectivity index (χ3n) is 6.06. The number of nitrogens with one attached hydrogen (secondary N) is 2. The van der Waals surface area contributed by atoms with Crippen LogP contribution in [0.5, 0.6) is 5.88 Å². The summed E-state index contributed by atoms with van der Waals surface area (Å²) in [5.41, 5.74) is 0.422. The monoisotopic (exact) mass is 534 g/mol. The van der Waals surface area contributed by atoms with Crippen LogP contribution < -0.4 is 15.6 Å². The molecule has 2 aliphatic rings. The molecule has 0 unspecified atom stereocenters. The number of aromatic hydroxyl groups is 1. The summed E-state index contributed by atoms with van der Waals surface area (Å²) >= 11 is 0. The Balaban J connectivity index is 1.66. The molecule has 0 radical (unpaired) electrons. The SMILES string of the molecule is CC(C)CCn1c(=O)c(C2=NS(=O)(=O)c3cc(NS(C)(=O)=O)ccc3N2)c(O)n2nc(C3CC3)cc12. The Morgan fingerprint density at radius 1 is 1.25 bits per heavy atom. The van der Waals surface area contributed by atoms with Crippen LogP contribution in [-0.4, -0.2) is 48.2 Å². The van der Waals surface area contributed by atoms with Crippen molar-refractivity contribution in [2.75, 3.05) is 16.3 Å². The van der Waals surface area contributed by atoms with E-state index in [9.17, 15) is 26.7 Å². The van der Waals surface area contributed by atoms with Gasteiger partial charge >= 0.3 is 0 Å². The molecule has 1 aromatic carbocycles. The van der Waals surface area contributed by atoms with Gasteiger partial charge in [-0.3, -0.25) is 14.1 Å². The number of nitrogens with zero attached hydrogens (tertiary/aromatic N) is 4. The molecule has 0 saturated heterocycles. The number of fused-ring (bicyclic) bond motifs is 2. The van der Waals surface area contributed by atoms with Gasteiger partial charge in [-0.15, -0.1) is 4.40 Å². The Kier molecular flexibility index (Phi) is 5.63. The van der Waals surface area contributed by atoms with Gasteiger partial charge in [-0.1, -0.05) is 13.8 Å². The highest BCUT2D eigenvalue weighted by Gasteiger charge is 2.33. The number of amidine groups is 1. The summed E-state index contributed by atoms with van der Waals surface area (Å²) in [5, 5.41) is 18.4. The van der Waals surface area contributed by atoms with E-state index >= 15 is 0 Å². The zero-order chi connectivity index (χ0) is 26.0. The Morgan fingerprint density at radius 3 is 2.61 bits per heavy atom. The lowest BCUT2D eigenvalue weighted by molar-refractivity contribution is 0.424. The average molecular weight is 535 g/mol. The van der Waals surface area contributed by atoms with Crippen LogP contribution in [0.2, 0.25) is 0 Å². The first kappa shape index (κ1) is 24.3. The molecule has 3 N–H and O–H groups in total. The van der Waals surface area contributed by atoms with Gasteiger partial charge in [-0.2, -0.15) is 18.0 Å². The normalized spacial score (nSPS) is 17.1. The fraction of sp³-hybridized carbons (Fsp3) is 0.409. The summed E-state index contributed by atoms with van der Waals surface area (Å²) in [4.78, 5) is 13.3. The van der Waals surface area contributed by atoms with Gasteiger partial charge in [-0.05, 0) is 43.4 Å². The van der Waals surface area contributed by atoms with Crippen LogP contribution >= 0.6 is 0 Å². The molecule has 2 aromatic heterocycles. The summed E-state index contributed by atoms with van der Waals surface area (Å²) < 4.78 is 57.9. The lowest BCUT2D eigenvalue weighted by atomic mass is 10.1. The van der Waals surface area contributed by atoms with Crippen LogP contribution in [0.1, 0.15) is 50.3 Å². The minimum absolute atomic E-state index is 0.0460. The maximum absolute atomic E-state index is 13.6. The molecule has 14 heteroatoms. The summed E-state index contributed by atoms with van der Waals surface area (Å²) in [5.74, 6) is -0.277. The molecular formula is C22H26N6O6S2. The van der Waals surface area contributed by atoms with Crippen molar-refractivity contribution in [1.82, 2.24) is 14.2 Å². The summed E-state index contributed by atoms with van der Waals surface area (Å²) in [6, 6.07) is 5.67. The van der Waals surface area contributed by atoms with Gasteiger partial charge in [0.2, 0.25) is 15.9 Å². The predicted octanol–water partition coefficient (Wildman–Crippen LogP) is 2.06. The van der Waals surface area contributed by atoms with Gasteiger partial charge in [0.05, 0.1) is 17.6 Å². The van der Waals surface area contributed by atoms with E-state index in [1.807, 2.05) is 13.8 Å². The molecule has 0 spiro atoms. The quantitative estimate of drug-likeness (QED) is 0.414. The van der Waals surface area contributed by atoms with E-state index in [0.717, 1.165) is 30.9 Å². The minimum Gasteiger partial charge on any atom is -0.493 e. The van der Waals surface area contributed by atoms with Crippen molar-refractivity contribution in [3.8, 4) is 5.88 Å². The summed E-state index contributed by atoms with van der Waals surface area (Å²) in [6.07, 6.45) is 3.59. The number of aromatic nitrogens is 3. The van der Waals surface area contributed by atoms with Gasteiger partial charge in [0.1, 0.15) is 16.1 Å². The molecule has 0 bridgehead atoms. The van der Waals surface area contributed by atoms with Crippen LogP contribution in [0.3, 0.4) is 0 Å². The predicted molar refractivity (Wildman–Crippen MR) is 135 cm³/mol. The topological polar surface area (TPSA) is 164 Å². The smallest absolute Gasteiger partial charge is 0.286 e. The van der Waals surface area contributed by atoms with E-state index in [-0.39, 0.29) is 33.6 Å². The number of anilines is 2. The zero-order valence-electron chi connectivity index (χ0n) is 19.9. The third kappa shape index (κ3) is 4.46. The van der Waals surface area contributed by atoms with Crippen molar-refractivity contribution < 1.29 is 21.9 Å². The molecule has 12 nitrogen and oxygen atoms in total. The molecule has 1 aliphatic carbocycles. The first-order valence-corrected chi connectivity index (χ1v) is 14.8. The van der Waals surface area contributed by atoms with E-state index in [4.69, 9.17) is 0 Å². The van der Waals surface area contributed by atoms with Crippen molar-refractivity contribution in [2.45, 2.75) is 50.5 Å². The van der Waals surface area contributed by atoms with Crippen LogP contribution in [0.25, 0.3) is 5.65 Å². The Morgan fingerprint density at radius 2 is 1.97 bits per heavy atom. The third-order valence-corrected chi connectivity index (χ3v) is 7.98. The van der Waals surface area contributed by atoms with E-state index in [1.165, 1.54) is 21.2 Å². The summed E-state index contributed by atoms with van der Waals surface area (Å²) in [7, 11) is -7.97. The highest BCUT2D eigenvalue weighted by atomic mass is 32.2. The summed E-state index contributed by atoms with van der Waals surface area (Å²) in [6.45, 7) is 4.40. The van der Waals surface area contributed by atoms with Crippen LogP contribution in [0, 0.1) is 5.92 Å². The number of sulfonamides is 2. The van der Waals surface area contributed by atoms with E-state index in [0.29, 0.717) is 24.5 Å². The number of hydrogen-bond acceptors (Lipinski definition) is 8. The molecular weight excluding hydrogens is 508 g/mol. The van der Waals surface area contributed by atoms with Gasteiger partial charge in [-0.25, -0.2) is 8.42 Å². The second-order valence-corrected chi connectivity index (χ2v) is 12.9. The standard InChI is InChI=1S/C22H26N6O6S2/c1-12(2)8-9-27-18-11-16(13-4-5-13)24-28(18)22(30)19(21(27)29)20-23-15-7-6-14(25-35(3,31)32)10-17(15)36(33,34)26-20/h6-7,10-13,25,30H,4-5,8-9H2,1-3H3,(H,23,26). The number of hydrogen-bond donors (Lipinski definition) is 3. The lowest BCUT2D eigenvalue weighted by Crippen LogP contribution is -2.34. The molecule has 0 amide bonds. The second kappa shape index (κ2) is 8.34. The molecule has 0 atom stereocenters. The fourth-order valence-corrected chi connectivity index (χ4v) is 5.81. The Hall–Kier alpha value is -3.39. The molecule has 1 fully saturated rings. The van der Waals surface area contributed by atoms with Crippen LogP contribution in [0.15, 0.2) is 38.4 Å². The van der Waals surface area contributed by atoms with E-state index < -0.39 is 31.5 Å². The maximum atomic E-state index is 13.6. The molecule has 1 saturated carbocycles. The van der Waals surface area contributed by atoms with Crippen molar-refractivity contribution in [2.24, 2.45) is 10.3 Å². The van der Waals surface area contributed by atoms with Crippen LogP contribution in [0.4, 0.5) is 11.4 Å². The van der Waals surface area contributed by atoms with Gasteiger partial charge in [0.25, 0.3) is 15.6 Å². The molecule has 3 heterocycles. The minimum atomic E-state index is -4.34. The number of aryl methyl sites for hydroxylation is 1. The highest BCUT2D eigenvalue weighted by molar-refractivity contribution is 7.92. The van der Waals surface area contributed by atoms with Crippen molar-refractivity contribution >= 4 is 42.9 Å². The number of rotatable bonds is 7. The van der Waals surface area contributed by atoms with Gasteiger partial charge in [0, 0.05) is 24.2 Å². The molecule has 3 aromatic rings. The Bertz CT molecular complexity index is 1700. The number of benzene rings is 1. The second-order valence-electron chi connectivity index (χ2n) is 9.58. The lowest BCUT2D eigenvalue weighted by Gasteiger charge is -2.20. The van der Waals surface area contributed by atoms with Crippen molar-refractivity contribution in [3.05, 3.63) is 45.9 Å². The zero-order valence-corrected chi connectivity index (χ0v) is 21.5. The first-order valence-electron chi connectivity index (χ1n) is 11.4. The molecule has 192 valence electrons. The Labute approximate surface area is 207 Å². The molecule has 36 heavy (non-hydrogen) atoms. The largest absolute Gasteiger partial charge is 0.493 e. The van der Waals surface area contributed by atoms with Gasteiger partial charge < -0.3 is 10.4 Å². The van der Waals surface area contributed by atoms with Crippen molar-refractivity contribution in [3.63, 3.8) is 0 Å². The first-order chi connectivity index (χ1) is 16.8. The molecule has 1 aliphatic heterocycles. The van der Waals surface area contributed by atoms with Crippen molar-refractivity contribution in [1.29, 1.82) is 0 Å². The maximum Gasteiger partial charge on any atom is 0.286 e. The average Bonchev–Trinajstić information content (AvgIpc) is 3.51. The highest BCUT2D eigenvalue weighted by Crippen LogP contribution is 2.40. The van der Waals surface area contributed by atoms with E-state index in [2.05, 4.69) is 19.5 Å². The van der Waals surface area contributed by atoms with E-state index in [1.54, 1.807) is 6.07 Å². The fourth-order valence-electron chi connectivity index (χ4n) is 4.11. The molecule has 5 rings (SSSR count).